The minimum atomic E-state index is -0.356. The summed E-state index contributed by atoms with van der Waals surface area (Å²) in [6, 6.07) is 0. The molecule has 0 atom stereocenters. The van der Waals surface area contributed by atoms with Crippen LogP contribution < -0.4 is 126 Å². The molecule has 0 aromatic carbocycles. The zero-order valence-corrected chi connectivity index (χ0v) is 43.6. The zero-order chi connectivity index (χ0) is 57.4. The topological polar surface area (TPSA) is 706 Å². The van der Waals surface area contributed by atoms with Gasteiger partial charge in [0.25, 0.3) is 47.6 Å². The van der Waals surface area contributed by atoms with Crippen molar-refractivity contribution >= 4 is 106 Å². The van der Waals surface area contributed by atoms with E-state index in [4.69, 9.17) is 120 Å². The number of hydrogen-bond acceptors (Lipinski definition) is 3. The van der Waals surface area contributed by atoms with Crippen LogP contribution >= 0.6 is 11.8 Å². The van der Waals surface area contributed by atoms with Crippen LogP contribution in [0.25, 0.3) is 0 Å². The van der Waals surface area contributed by atoms with E-state index in [2.05, 4.69) is 39.9 Å². The fourth-order valence-electron chi connectivity index (χ4n) is 1.92. The third kappa shape index (κ3) is 63.0. The maximum atomic E-state index is 10.0. The first-order valence-corrected chi connectivity index (χ1v) is 19.7. The largest absolute Gasteiger partial charge is 0.854 e. The van der Waals surface area contributed by atoms with E-state index in [0.717, 1.165) is 11.8 Å². The molecule has 39 heteroatoms. The lowest BCUT2D eigenvalue weighted by Gasteiger charge is -1.94. The lowest BCUT2D eigenvalue weighted by atomic mass is 10.7. The van der Waals surface area contributed by atoms with E-state index >= 15 is 0 Å². The van der Waals surface area contributed by atoms with Gasteiger partial charge in [-0.1, -0.05) is 0 Å². The van der Waals surface area contributed by atoms with Crippen molar-refractivity contribution < 1.29 is 41.9 Å². The molecule has 0 saturated heterocycles. The van der Waals surface area contributed by atoms with Crippen LogP contribution in [-0.2, 0) is 4.79 Å². The molecular weight excluding hydrogens is 941 g/mol. The zero-order valence-electron chi connectivity index (χ0n) is 42.8. The molecule has 0 radical (unpaired) electrons. The summed E-state index contributed by atoms with van der Waals surface area (Å²) >= 11 is 0.950. The van der Waals surface area contributed by atoms with Crippen molar-refractivity contribution in [2.24, 2.45) is 160 Å². The van der Waals surface area contributed by atoms with Gasteiger partial charge in [-0.15, -0.1) is 11.8 Å². The molecule has 1 rings (SSSR count). The van der Waals surface area contributed by atoms with Gasteiger partial charge in [-0.25, -0.2) is 4.99 Å². The summed E-state index contributed by atoms with van der Waals surface area (Å²) in [7, 11) is 24.5. The van der Waals surface area contributed by atoms with Gasteiger partial charge in [0.15, 0.2) is 0 Å². The molecule has 38 nitrogen and oxygen atoms in total. The van der Waals surface area contributed by atoms with Crippen LogP contribution in [0.15, 0.2) is 39.9 Å². The molecule has 70 heavy (non-hydrogen) atoms. The van der Waals surface area contributed by atoms with E-state index < -0.39 is 0 Å². The Morgan fingerprint density at radius 3 is 0.500 bits per heavy atom. The Hall–Kier alpha value is -9.33. The predicted octanol–water partition coefficient (Wildman–Crippen LogP) is -16.1. The normalized spacial score (nSPS) is 9.40. The Labute approximate surface area is 412 Å². The predicted molar refractivity (Wildman–Crippen MR) is 285 cm³/mol. The number of hydrogen-bond donors (Lipinski definition) is 21. The maximum Gasteiger partial charge on any atom is 0.387 e. The van der Waals surface area contributed by atoms with Gasteiger partial charge in [-0.05, 0) is 34.9 Å². The second-order valence-corrected chi connectivity index (χ2v) is 14.5. The first-order valence-electron chi connectivity index (χ1n) is 18.7. The maximum absolute atomic E-state index is 10.0. The van der Waals surface area contributed by atoms with Crippen LogP contribution in [0.1, 0.15) is 0 Å². The lowest BCUT2D eigenvalue weighted by molar-refractivity contribution is -0.466. The molecule has 0 bridgehead atoms. The molecule has 0 saturated carbocycles. The van der Waals surface area contributed by atoms with Crippen LogP contribution in [0, 0.1) is 0 Å². The second-order valence-electron chi connectivity index (χ2n) is 13.6. The molecule has 0 aromatic heterocycles. The molecule has 0 unspecified atom stereocenters. The average Bonchev–Trinajstić information content (AvgIpc) is 3.56. The number of rotatable bonds is 0. The standard InChI is InChI=1S/7C4H11N5.C3H3NO2S/c7*1-9(2)4(7)8-3(5)6;5-2-1-7-3(6)4-2/h7*1-2H3,(H5,5,6,7,8);1H2,(H,4,5,6)/p+6. The first kappa shape index (κ1) is 75.0. The van der Waals surface area contributed by atoms with Crippen LogP contribution in [0.5, 0.6) is 0 Å². The van der Waals surface area contributed by atoms with E-state index in [1.54, 1.807) is 131 Å². The molecule has 402 valence electrons. The summed E-state index contributed by atoms with van der Waals surface area (Å²) in [6.45, 7) is 0. The van der Waals surface area contributed by atoms with Crippen molar-refractivity contribution in [1.82, 2.24) is 0 Å². The van der Waals surface area contributed by atoms with Gasteiger partial charge < -0.3 is 85.4 Å². The molecule has 1 heterocycles. The van der Waals surface area contributed by atoms with Gasteiger partial charge in [0, 0.05) is 5.23 Å². The van der Waals surface area contributed by atoms with E-state index in [1.165, 1.54) is 0 Å². The summed E-state index contributed by atoms with van der Waals surface area (Å²) in [5, 5.41) is 9.67. The minimum absolute atomic E-state index is 0.0267. The summed E-state index contributed by atoms with van der Waals surface area (Å²) in [4.78, 5) is 38.1. The fourth-order valence-corrected chi connectivity index (χ4v) is 2.39. The number of aliphatic imine (C=N–C) groups is 8. The van der Waals surface area contributed by atoms with E-state index in [1.807, 2.05) is 0 Å². The third-order valence-corrected chi connectivity index (χ3v) is 6.18. The lowest BCUT2D eigenvalue weighted by Crippen LogP contribution is -2.29. The van der Waals surface area contributed by atoms with Crippen molar-refractivity contribution in [3.8, 4) is 0 Å². The van der Waals surface area contributed by atoms with E-state index in [-0.39, 0.29) is 58.6 Å². The Morgan fingerprint density at radius 1 is 0.343 bits per heavy atom. The van der Waals surface area contributed by atoms with Crippen LogP contribution in [0.3, 0.4) is 0 Å². The first-order chi connectivity index (χ1) is 31.5. The monoisotopic (exact) mass is 1030 g/mol. The summed E-state index contributed by atoms with van der Waals surface area (Å²) in [6.07, 6.45) is 0. The SMILES string of the molecule is C[N+](C)=C(N)N=C(N)N.C[N+](C)=C(N)N=C(N)N.C[N+](C)=C(N)N=C(N)N.C[N+](C)=C(N)N=C(N)N.C[N+](C)=C(N)N=C(N)N.C[N+](C)=C(N)N=C(N)N.C[N+](C)=C(N)N=C(N)N.O=C1CSC([O-])=N1. The Bertz CT molecular complexity index is 1700. The molecule has 0 spiro atoms. The van der Waals surface area contributed by atoms with E-state index in [0.29, 0.717) is 41.7 Å². The number of thioether (sulfide) groups is 1. The molecule has 0 fully saturated rings. The van der Waals surface area contributed by atoms with Crippen molar-refractivity contribution in [2.45, 2.75) is 0 Å². The van der Waals surface area contributed by atoms with E-state index in [9.17, 15) is 9.90 Å². The van der Waals surface area contributed by atoms with Crippen LogP contribution in [-0.4, -0.2) is 231 Å². The molecule has 0 aliphatic carbocycles. The quantitative estimate of drug-likeness (QED) is 0.0608. The molecular formula is C31H86N36O2S+6. The Morgan fingerprint density at radius 2 is 0.471 bits per heavy atom. The molecule has 1 aliphatic rings. The van der Waals surface area contributed by atoms with Gasteiger partial charge in [-0.3, -0.25) is 77.0 Å². The number of carbonyl (C=O) groups excluding carboxylic acids is 1. The van der Waals surface area contributed by atoms with Crippen molar-refractivity contribution in [3.05, 3.63) is 0 Å². The number of carbonyl (C=O) groups is 1. The number of nitrogens with two attached hydrogens (primary N) is 21. The summed E-state index contributed by atoms with van der Waals surface area (Å²) < 4.78 is 11.3. The number of guanidine groups is 14. The van der Waals surface area contributed by atoms with Crippen molar-refractivity contribution in [3.63, 3.8) is 0 Å². The second kappa shape index (κ2) is 42.3. The average molecular weight is 1030 g/mol. The molecule has 1 amide bonds. The van der Waals surface area contributed by atoms with Crippen molar-refractivity contribution in [2.75, 3.05) is 104 Å². The number of nitrogens with zero attached hydrogens (tertiary/aromatic N) is 15. The highest BCUT2D eigenvalue weighted by atomic mass is 32.2. The highest BCUT2D eigenvalue weighted by molar-refractivity contribution is 8.14. The molecule has 1 aliphatic heterocycles. The molecule has 0 aromatic rings. The Balaban J connectivity index is -0.000000130. The minimum Gasteiger partial charge on any atom is -0.854 e. The van der Waals surface area contributed by atoms with Gasteiger partial charge in [-0.2, -0.15) is 0 Å². The fraction of sp³-hybridized carbons (Fsp3) is 0.484. The van der Waals surface area contributed by atoms with Crippen LogP contribution in [0.4, 0.5) is 0 Å². The summed E-state index contributed by atoms with van der Waals surface area (Å²) in [5.41, 5.74) is 108. The highest BCUT2D eigenvalue weighted by Gasteiger charge is 2.05. The van der Waals surface area contributed by atoms with Gasteiger partial charge in [0.1, 0.15) is 0 Å². The van der Waals surface area contributed by atoms with Gasteiger partial charge in [0.2, 0.25) is 0 Å². The van der Waals surface area contributed by atoms with Crippen molar-refractivity contribution in [1.29, 1.82) is 0 Å². The third-order valence-electron chi connectivity index (χ3n) is 5.45. The molecule has 42 N–H and O–H groups in total. The Kier molecular flexibility index (Phi) is 45.3. The van der Waals surface area contributed by atoms with Gasteiger partial charge >= 0.3 is 41.7 Å². The summed E-state index contributed by atoms with van der Waals surface area (Å²) in [5.74, 6) is 1.84. The van der Waals surface area contributed by atoms with Crippen LogP contribution in [0.2, 0.25) is 0 Å². The van der Waals surface area contributed by atoms with Gasteiger partial charge in [0.05, 0.1) is 104 Å². The highest BCUT2D eigenvalue weighted by Crippen LogP contribution is 2.06. The number of amides is 1. The smallest absolute Gasteiger partial charge is 0.387 e.